The first-order valence-corrected chi connectivity index (χ1v) is 8.97. The quantitative estimate of drug-likeness (QED) is 0.598. The SMILES string of the molecule is COc1cc(CO)ccc1OCc1ccc(OCc2ccccc2)c(OC)c1. The van der Waals surface area contributed by atoms with Crippen molar-refractivity contribution in [2.75, 3.05) is 14.2 Å². The molecule has 0 fully saturated rings. The van der Waals surface area contributed by atoms with Gasteiger partial charge in [-0.1, -0.05) is 42.5 Å². The molecule has 0 aliphatic carbocycles. The molecule has 28 heavy (non-hydrogen) atoms. The van der Waals surface area contributed by atoms with Crippen molar-refractivity contribution in [2.24, 2.45) is 0 Å². The Kier molecular flexibility index (Phi) is 6.76. The van der Waals surface area contributed by atoms with Gasteiger partial charge in [0.15, 0.2) is 23.0 Å². The Labute approximate surface area is 165 Å². The molecule has 5 nitrogen and oxygen atoms in total. The van der Waals surface area contributed by atoms with Crippen molar-refractivity contribution < 1.29 is 24.1 Å². The van der Waals surface area contributed by atoms with Crippen LogP contribution in [0.4, 0.5) is 0 Å². The monoisotopic (exact) mass is 380 g/mol. The van der Waals surface area contributed by atoms with E-state index in [4.69, 9.17) is 18.9 Å². The number of methoxy groups -OCH3 is 2. The molecule has 0 aliphatic rings. The lowest BCUT2D eigenvalue weighted by molar-refractivity contribution is 0.272. The molecule has 0 heterocycles. The van der Waals surface area contributed by atoms with Crippen LogP contribution in [0.25, 0.3) is 0 Å². The van der Waals surface area contributed by atoms with Crippen molar-refractivity contribution in [3.8, 4) is 23.0 Å². The van der Waals surface area contributed by atoms with Crippen molar-refractivity contribution in [3.05, 3.63) is 83.4 Å². The predicted molar refractivity (Wildman–Crippen MR) is 107 cm³/mol. The summed E-state index contributed by atoms with van der Waals surface area (Å²) in [6, 6.07) is 21.1. The molecule has 0 amide bonds. The van der Waals surface area contributed by atoms with Gasteiger partial charge in [0, 0.05) is 0 Å². The van der Waals surface area contributed by atoms with Gasteiger partial charge in [-0.25, -0.2) is 0 Å². The molecule has 0 aliphatic heterocycles. The second-order valence-corrected chi connectivity index (χ2v) is 6.19. The van der Waals surface area contributed by atoms with Crippen molar-refractivity contribution in [1.29, 1.82) is 0 Å². The van der Waals surface area contributed by atoms with E-state index in [1.807, 2.05) is 48.5 Å². The van der Waals surface area contributed by atoms with Gasteiger partial charge >= 0.3 is 0 Å². The van der Waals surface area contributed by atoms with E-state index < -0.39 is 0 Å². The zero-order valence-electron chi connectivity index (χ0n) is 16.1. The lowest BCUT2D eigenvalue weighted by atomic mass is 10.2. The number of benzene rings is 3. The largest absolute Gasteiger partial charge is 0.493 e. The van der Waals surface area contributed by atoms with E-state index in [9.17, 15) is 5.11 Å². The molecule has 0 saturated heterocycles. The first-order valence-electron chi connectivity index (χ1n) is 8.97. The van der Waals surface area contributed by atoms with Gasteiger partial charge in [-0.3, -0.25) is 0 Å². The zero-order valence-corrected chi connectivity index (χ0v) is 16.1. The highest BCUT2D eigenvalue weighted by Crippen LogP contribution is 2.31. The van der Waals surface area contributed by atoms with E-state index in [0.717, 1.165) is 16.7 Å². The maximum atomic E-state index is 9.23. The molecule has 3 rings (SSSR count). The average Bonchev–Trinajstić information content (AvgIpc) is 2.77. The predicted octanol–water partition coefficient (Wildman–Crippen LogP) is 4.35. The van der Waals surface area contributed by atoms with Crippen LogP contribution in [-0.4, -0.2) is 19.3 Å². The first-order chi connectivity index (χ1) is 13.7. The molecule has 0 unspecified atom stereocenters. The summed E-state index contributed by atoms with van der Waals surface area (Å²) in [6.45, 7) is 0.782. The highest BCUT2D eigenvalue weighted by molar-refractivity contribution is 5.45. The lowest BCUT2D eigenvalue weighted by Crippen LogP contribution is -2.01. The number of ether oxygens (including phenoxy) is 4. The number of hydrogen-bond acceptors (Lipinski definition) is 5. The van der Waals surface area contributed by atoms with Crippen LogP contribution in [0.2, 0.25) is 0 Å². The Balaban J connectivity index is 1.67. The maximum absolute atomic E-state index is 9.23. The topological polar surface area (TPSA) is 57.2 Å². The molecular weight excluding hydrogens is 356 g/mol. The van der Waals surface area contributed by atoms with Crippen LogP contribution in [0, 0.1) is 0 Å². The third kappa shape index (κ3) is 4.96. The minimum atomic E-state index is -0.0434. The van der Waals surface area contributed by atoms with Gasteiger partial charge in [-0.05, 0) is 41.0 Å². The zero-order chi connectivity index (χ0) is 19.8. The molecule has 5 heteroatoms. The van der Waals surface area contributed by atoms with Crippen molar-refractivity contribution in [3.63, 3.8) is 0 Å². The molecule has 0 atom stereocenters. The summed E-state index contributed by atoms with van der Waals surface area (Å²) >= 11 is 0. The van der Waals surface area contributed by atoms with Gasteiger partial charge in [0.25, 0.3) is 0 Å². The molecular formula is C23H24O5. The van der Waals surface area contributed by atoms with E-state index in [-0.39, 0.29) is 6.61 Å². The van der Waals surface area contributed by atoms with E-state index in [2.05, 4.69) is 0 Å². The smallest absolute Gasteiger partial charge is 0.161 e. The molecule has 0 bridgehead atoms. The fourth-order valence-corrected chi connectivity index (χ4v) is 2.75. The fourth-order valence-electron chi connectivity index (χ4n) is 2.75. The van der Waals surface area contributed by atoms with Gasteiger partial charge in [-0.15, -0.1) is 0 Å². The Morgan fingerprint density at radius 3 is 1.71 bits per heavy atom. The Hall–Kier alpha value is -3.18. The minimum absolute atomic E-state index is 0.0434. The summed E-state index contributed by atoms with van der Waals surface area (Å²) in [5.74, 6) is 2.53. The molecule has 0 radical (unpaired) electrons. The number of rotatable bonds is 9. The molecule has 3 aromatic rings. The van der Waals surface area contributed by atoms with Gasteiger partial charge < -0.3 is 24.1 Å². The number of hydrogen-bond donors (Lipinski definition) is 1. The second kappa shape index (κ2) is 9.67. The highest BCUT2D eigenvalue weighted by atomic mass is 16.5. The van der Waals surface area contributed by atoms with Gasteiger partial charge in [-0.2, -0.15) is 0 Å². The molecule has 3 aromatic carbocycles. The molecule has 0 saturated carbocycles. The third-order valence-corrected chi connectivity index (χ3v) is 4.27. The van der Waals surface area contributed by atoms with Crippen molar-refractivity contribution >= 4 is 0 Å². The van der Waals surface area contributed by atoms with Crippen LogP contribution in [0.15, 0.2) is 66.7 Å². The van der Waals surface area contributed by atoms with Crippen LogP contribution in [0.5, 0.6) is 23.0 Å². The van der Waals surface area contributed by atoms with Crippen LogP contribution < -0.4 is 18.9 Å². The summed E-state index contributed by atoms with van der Waals surface area (Å²) in [5, 5.41) is 9.23. The standard InChI is InChI=1S/C23H24O5/c1-25-22-12-18(14-24)8-10-20(22)28-16-19-9-11-21(23(13-19)26-2)27-15-17-6-4-3-5-7-17/h3-13,24H,14-16H2,1-2H3. The highest BCUT2D eigenvalue weighted by Gasteiger charge is 2.09. The second-order valence-electron chi connectivity index (χ2n) is 6.19. The molecule has 0 spiro atoms. The molecule has 1 N–H and O–H groups in total. The van der Waals surface area contributed by atoms with Crippen molar-refractivity contribution in [1.82, 2.24) is 0 Å². The minimum Gasteiger partial charge on any atom is -0.493 e. The van der Waals surface area contributed by atoms with Gasteiger partial charge in [0.2, 0.25) is 0 Å². The summed E-state index contributed by atoms with van der Waals surface area (Å²) in [6.07, 6.45) is 0. The summed E-state index contributed by atoms with van der Waals surface area (Å²) in [4.78, 5) is 0. The van der Waals surface area contributed by atoms with Crippen LogP contribution in [0.1, 0.15) is 16.7 Å². The third-order valence-electron chi connectivity index (χ3n) is 4.27. The van der Waals surface area contributed by atoms with Crippen LogP contribution in [-0.2, 0) is 19.8 Å². The Morgan fingerprint density at radius 1 is 0.607 bits per heavy atom. The van der Waals surface area contributed by atoms with Crippen LogP contribution in [0.3, 0.4) is 0 Å². The lowest BCUT2D eigenvalue weighted by Gasteiger charge is -2.14. The normalized spacial score (nSPS) is 10.4. The Morgan fingerprint density at radius 2 is 1.14 bits per heavy atom. The summed E-state index contributed by atoms with van der Waals surface area (Å²) < 4.78 is 22.6. The van der Waals surface area contributed by atoms with E-state index in [0.29, 0.717) is 36.2 Å². The van der Waals surface area contributed by atoms with Crippen LogP contribution >= 0.6 is 0 Å². The first kappa shape index (κ1) is 19.6. The van der Waals surface area contributed by atoms with E-state index in [1.165, 1.54) is 0 Å². The maximum Gasteiger partial charge on any atom is 0.161 e. The summed E-state index contributed by atoms with van der Waals surface area (Å²) in [5.41, 5.74) is 2.80. The fraction of sp³-hybridized carbons (Fsp3) is 0.217. The van der Waals surface area contributed by atoms with E-state index in [1.54, 1.807) is 32.4 Å². The number of aliphatic hydroxyl groups excluding tert-OH is 1. The van der Waals surface area contributed by atoms with E-state index >= 15 is 0 Å². The van der Waals surface area contributed by atoms with Gasteiger partial charge in [0.1, 0.15) is 13.2 Å². The van der Waals surface area contributed by atoms with Crippen molar-refractivity contribution in [2.45, 2.75) is 19.8 Å². The van der Waals surface area contributed by atoms with Gasteiger partial charge in [0.05, 0.1) is 20.8 Å². The average molecular weight is 380 g/mol. The molecule has 146 valence electrons. The Bertz CT molecular complexity index is 893. The molecule has 0 aromatic heterocycles. The summed E-state index contributed by atoms with van der Waals surface area (Å²) in [7, 11) is 3.19. The number of aliphatic hydroxyl groups is 1.